The molecule has 0 spiro atoms. The van der Waals surface area contributed by atoms with Crippen LogP contribution in [0.2, 0.25) is 0 Å². The fourth-order valence-corrected chi connectivity index (χ4v) is 2.97. The molecule has 1 aromatic heterocycles. The van der Waals surface area contributed by atoms with E-state index in [9.17, 15) is 4.79 Å². The van der Waals surface area contributed by atoms with Gasteiger partial charge in [0, 0.05) is 6.54 Å². The van der Waals surface area contributed by atoms with Crippen LogP contribution in [0.3, 0.4) is 0 Å². The van der Waals surface area contributed by atoms with Gasteiger partial charge in [-0.1, -0.05) is 36.4 Å². The van der Waals surface area contributed by atoms with E-state index in [4.69, 9.17) is 0 Å². The summed E-state index contributed by atoms with van der Waals surface area (Å²) in [5.41, 5.74) is 2.79. The Morgan fingerprint density at radius 1 is 1.29 bits per heavy atom. The van der Waals surface area contributed by atoms with E-state index in [2.05, 4.69) is 33.9 Å². The molecule has 1 fully saturated rings. The molecule has 1 aromatic carbocycles. The summed E-state index contributed by atoms with van der Waals surface area (Å²) in [5.74, 6) is -0.170. The fraction of sp³-hybridized carbons (Fsp3) is 0.471. The Hall–Kier alpha value is -1.92. The van der Waals surface area contributed by atoms with E-state index in [0.29, 0.717) is 18.3 Å². The second-order valence-electron chi connectivity index (χ2n) is 5.87. The van der Waals surface area contributed by atoms with E-state index < -0.39 is 0 Å². The van der Waals surface area contributed by atoms with Crippen LogP contribution in [0.15, 0.2) is 30.5 Å². The molecule has 130 valence electrons. The van der Waals surface area contributed by atoms with Gasteiger partial charge in [-0.3, -0.25) is 4.79 Å². The minimum atomic E-state index is -0.170. The number of carbonyl (C=O) groups is 1. The Labute approximate surface area is 148 Å². The molecule has 1 amide bonds. The van der Waals surface area contributed by atoms with Crippen LogP contribution in [-0.2, 0) is 13.0 Å². The molecule has 0 saturated carbocycles. The first-order valence-corrected chi connectivity index (χ1v) is 8.25. The van der Waals surface area contributed by atoms with Crippen molar-refractivity contribution in [1.29, 1.82) is 0 Å². The molecule has 0 unspecified atom stereocenters. The quantitative estimate of drug-likeness (QED) is 0.867. The van der Waals surface area contributed by atoms with Gasteiger partial charge < -0.3 is 10.6 Å². The summed E-state index contributed by atoms with van der Waals surface area (Å²) in [6, 6.07) is 8.49. The van der Waals surface area contributed by atoms with E-state index in [1.165, 1.54) is 5.56 Å². The van der Waals surface area contributed by atoms with Crippen molar-refractivity contribution in [3.8, 4) is 0 Å². The van der Waals surface area contributed by atoms with Crippen molar-refractivity contribution in [2.45, 2.75) is 38.8 Å². The summed E-state index contributed by atoms with van der Waals surface area (Å²) in [6.45, 7) is 4.61. The van der Waals surface area contributed by atoms with Crippen LogP contribution in [0, 0.1) is 0 Å². The zero-order valence-corrected chi connectivity index (χ0v) is 14.7. The number of hydrogen-bond donors (Lipinski definition) is 2. The highest BCUT2D eigenvalue weighted by Gasteiger charge is 2.18. The number of nitrogens with zero attached hydrogens (tertiary/aromatic N) is 3. The summed E-state index contributed by atoms with van der Waals surface area (Å²) in [5, 5.41) is 14.4. The third kappa shape index (κ3) is 4.33. The van der Waals surface area contributed by atoms with Crippen LogP contribution in [0.25, 0.3) is 0 Å². The number of benzene rings is 1. The summed E-state index contributed by atoms with van der Waals surface area (Å²) in [7, 11) is 0. The summed E-state index contributed by atoms with van der Waals surface area (Å²) >= 11 is 0. The van der Waals surface area contributed by atoms with Crippen LogP contribution < -0.4 is 10.6 Å². The molecule has 0 atom stereocenters. The SMILES string of the molecule is CCc1ccccc1CNC(=O)c1cn(C2CCNCC2)nn1.Cl. The van der Waals surface area contributed by atoms with Crippen molar-refractivity contribution < 1.29 is 4.79 Å². The predicted molar refractivity (Wildman–Crippen MR) is 95.4 cm³/mol. The Kier molecular flexibility index (Phi) is 6.75. The average Bonchev–Trinajstić information content (AvgIpc) is 3.11. The standard InChI is InChI=1S/C17H23N5O.ClH/c1-2-13-5-3-4-6-14(13)11-19-17(23)16-12-22(21-20-16)15-7-9-18-10-8-15;/h3-6,12,15,18H,2,7-11H2,1H3,(H,19,23);1H. The largest absolute Gasteiger partial charge is 0.347 e. The fourth-order valence-electron chi connectivity index (χ4n) is 2.97. The van der Waals surface area contributed by atoms with Gasteiger partial charge >= 0.3 is 0 Å². The zero-order chi connectivity index (χ0) is 16.1. The summed E-state index contributed by atoms with van der Waals surface area (Å²) in [4.78, 5) is 12.3. The molecule has 7 heteroatoms. The molecule has 24 heavy (non-hydrogen) atoms. The zero-order valence-electron chi connectivity index (χ0n) is 13.9. The van der Waals surface area contributed by atoms with Gasteiger partial charge in [0.25, 0.3) is 5.91 Å². The van der Waals surface area contributed by atoms with Gasteiger partial charge in [0.05, 0.1) is 12.2 Å². The first kappa shape index (κ1) is 18.4. The van der Waals surface area contributed by atoms with Gasteiger partial charge in [0.15, 0.2) is 5.69 Å². The predicted octanol–water partition coefficient (Wildman–Crippen LogP) is 2.12. The number of nitrogens with one attached hydrogen (secondary N) is 2. The van der Waals surface area contributed by atoms with Crippen molar-refractivity contribution in [2.75, 3.05) is 13.1 Å². The smallest absolute Gasteiger partial charge is 0.273 e. The van der Waals surface area contributed by atoms with Crippen molar-refractivity contribution in [1.82, 2.24) is 25.6 Å². The Morgan fingerprint density at radius 2 is 2.00 bits per heavy atom. The molecule has 1 saturated heterocycles. The van der Waals surface area contributed by atoms with Crippen molar-refractivity contribution in [2.24, 2.45) is 0 Å². The third-order valence-corrected chi connectivity index (χ3v) is 4.36. The van der Waals surface area contributed by atoms with Crippen LogP contribution in [-0.4, -0.2) is 34.0 Å². The van der Waals surface area contributed by atoms with Crippen LogP contribution >= 0.6 is 12.4 Å². The molecule has 1 aliphatic heterocycles. The van der Waals surface area contributed by atoms with Gasteiger partial charge in [0.2, 0.25) is 0 Å². The second kappa shape index (κ2) is 8.80. The minimum absolute atomic E-state index is 0. The maximum absolute atomic E-state index is 12.3. The van der Waals surface area contributed by atoms with Gasteiger partial charge in [-0.15, -0.1) is 17.5 Å². The lowest BCUT2D eigenvalue weighted by molar-refractivity contribution is 0.0945. The lowest BCUT2D eigenvalue weighted by Gasteiger charge is -2.22. The highest BCUT2D eigenvalue weighted by molar-refractivity contribution is 5.91. The molecule has 2 aromatic rings. The van der Waals surface area contributed by atoms with E-state index >= 15 is 0 Å². The van der Waals surface area contributed by atoms with E-state index in [1.807, 2.05) is 22.9 Å². The van der Waals surface area contributed by atoms with Crippen LogP contribution in [0.1, 0.15) is 47.4 Å². The Morgan fingerprint density at radius 3 is 2.71 bits per heavy atom. The summed E-state index contributed by atoms with van der Waals surface area (Å²) in [6.07, 6.45) is 4.76. The van der Waals surface area contributed by atoms with Gasteiger partial charge in [-0.25, -0.2) is 4.68 Å². The maximum atomic E-state index is 12.3. The number of hydrogen-bond acceptors (Lipinski definition) is 4. The molecule has 2 heterocycles. The van der Waals surface area contributed by atoms with Gasteiger partial charge in [-0.2, -0.15) is 0 Å². The highest BCUT2D eigenvalue weighted by atomic mass is 35.5. The Balaban J connectivity index is 0.00000208. The van der Waals surface area contributed by atoms with Crippen LogP contribution in [0.4, 0.5) is 0 Å². The molecule has 1 aliphatic rings. The lowest BCUT2D eigenvalue weighted by atomic mass is 10.1. The summed E-state index contributed by atoms with van der Waals surface area (Å²) < 4.78 is 1.83. The number of amides is 1. The van der Waals surface area contributed by atoms with Crippen molar-refractivity contribution in [3.63, 3.8) is 0 Å². The molecule has 0 aliphatic carbocycles. The molecule has 0 bridgehead atoms. The molecule has 6 nitrogen and oxygen atoms in total. The molecule has 2 N–H and O–H groups in total. The van der Waals surface area contributed by atoms with Gasteiger partial charge in [-0.05, 0) is 43.5 Å². The number of rotatable bonds is 5. The lowest BCUT2D eigenvalue weighted by Crippen LogP contribution is -2.29. The third-order valence-electron chi connectivity index (χ3n) is 4.36. The van der Waals surface area contributed by atoms with Crippen LogP contribution in [0.5, 0.6) is 0 Å². The number of halogens is 1. The molecule has 3 rings (SSSR count). The monoisotopic (exact) mass is 349 g/mol. The molecule has 0 radical (unpaired) electrons. The second-order valence-corrected chi connectivity index (χ2v) is 5.87. The number of aryl methyl sites for hydroxylation is 1. The van der Waals surface area contributed by atoms with Crippen molar-refractivity contribution >= 4 is 18.3 Å². The first-order valence-electron chi connectivity index (χ1n) is 8.25. The van der Waals surface area contributed by atoms with E-state index in [0.717, 1.165) is 37.9 Å². The van der Waals surface area contributed by atoms with Crippen molar-refractivity contribution in [3.05, 3.63) is 47.3 Å². The number of piperidine rings is 1. The van der Waals surface area contributed by atoms with E-state index in [1.54, 1.807) is 6.20 Å². The van der Waals surface area contributed by atoms with E-state index in [-0.39, 0.29) is 18.3 Å². The highest BCUT2D eigenvalue weighted by Crippen LogP contribution is 2.17. The number of aromatic nitrogens is 3. The maximum Gasteiger partial charge on any atom is 0.273 e. The van der Waals surface area contributed by atoms with Gasteiger partial charge in [0.1, 0.15) is 0 Å². The number of carbonyl (C=O) groups excluding carboxylic acids is 1. The molecular formula is C17H24ClN5O. The Bertz CT molecular complexity index is 667. The average molecular weight is 350 g/mol. The normalized spacial score (nSPS) is 14.9. The topological polar surface area (TPSA) is 71.8 Å². The minimum Gasteiger partial charge on any atom is -0.347 e. The molecular weight excluding hydrogens is 326 g/mol. The first-order chi connectivity index (χ1) is 11.3.